The molecule has 6 rings (SSSR count). The molecule has 47 heavy (non-hydrogen) atoms. The van der Waals surface area contributed by atoms with Gasteiger partial charge in [0.1, 0.15) is 0 Å². The van der Waals surface area contributed by atoms with Crippen molar-refractivity contribution >= 4 is 28.5 Å². The molecular weight excluding hydrogens is 611 g/mol. The molecule has 248 valence electrons. The van der Waals surface area contributed by atoms with Gasteiger partial charge in [-0.05, 0) is 69.8 Å². The number of amides is 2. The average Bonchev–Trinajstić information content (AvgIpc) is 3.69. The number of ether oxygens (including phenoxy) is 1. The van der Waals surface area contributed by atoms with Crippen molar-refractivity contribution in [2.75, 3.05) is 51.3 Å². The second-order valence-electron chi connectivity index (χ2n) is 12.0. The Morgan fingerprint density at radius 1 is 1.02 bits per heavy atom. The summed E-state index contributed by atoms with van der Waals surface area (Å²) < 4.78 is 48.5. The Morgan fingerprint density at radius 3 is 2.57 bits per heavy atom. The smallest absolute Gasteiger partial charge is 0.418 e. The van der Waals surface area contributed by atoms with Gasteiger partial charge in [-0.25, -0.2) is 14.8 Å². The fourth-order valence-corrected chi connectivity index (χ4v) is 6.57. The first kappa shape index (κ1) is 32.3. The van der Waals surface area contributed by atoms with Crippen LogP contribution in [0.5, 0.6) is 5.88 Å². The van der Waals surface area contributed by atoms with Crippen LogP contribution in [0.1, 0.15) is 42.7 Å². The van der Waals surface area contributed by atoms with Crippen molar-refractivity contribution in [3.05, 3.63) is 72.2 Å². The summed E-state index contributed by atoms with van der Waals surface area (Å²) >= 11 is 0. The molecule has 0 saturated carbocycles. The summed E-state index contributed by atoms with van der Waals surface area (Å²) in [6.07, 6.45) is -0.117. The fraction of sp³-hybridized carbons (Fsp3) is 0.412. The van der Waals surface area contributed by atoms with Crippen LogP contribution in [0.15, 0.2) is 60.9 Å². The molecule has 10 nitrogen and oxygen atoms in total. The molecule has 3 aromatic heterocycles. The van der Waals surface area contributed by atoms with Crippen molar-refractivity contribution in [2.24, 2.45) is 0 Å². The molecule has 0 aliphatic carbocycles. The zero-order valence-electron chi connectivity index (χ0n) is 26.6. The zero-order valence-corrected chi connectivity index (χ0v) is 26.6. The predicted octanol–water partition coefficient (Wildman–Crippen LogP) is 5.52. The van der Waals surface area contributed by atoms with Crippen LogP contribution >= 0.6 is 0 Å². The van der Waals surface area contributed by atoms with Gasteiger partial charge in [-0.1, -0.05) is 19.1 Å². The number of nitrogens with one attached hydrogen (secondary N) is 1. The fourth-order valence-electron chi connectivity index (χ4n) is 6.57. The number of likely N-dealkylation sites (N-methyl/N-ethyl adjacent to an activating group) is 1. The second kappa shape index (κ2) is 13.2. The Bertz CT molecular complexity index is 1780. The summed E-state index contributed by atoms with van der Waals surface area (Å²) in [5.74, 6) is 0.125. The lowest BCUT2D eigenvalue weighted by atomic mass is 10.1. The van der Waals surface area contributed by atoms with E-state index >= 15 is 0 Å². The van der Waals surface area contributed by atoms with Gasteiger partial charge in [0, 0.05) is 56.0 Å². The van der Waals surface area contributed by atoms with Gasteiger partial charge >= 0.3 is 12.2 Å². The van der Waals surface area contributed by atoms with Gasteiger partial charge in [0.25, 0.3) is 5.91 Å². The summed E-state index contributed by atoms with van der Waals surface area (Å²) in [6.45, 7) is 6.76. The van der Waals surface area contributed by atoms with Crippen LogP contribution in [0.25, 0.3) is 22.2 Å². The number of alkyl halides is 3. The number of para-hydroxylation sites is 1. The molecule has 2 aliphatic rings. The molecule has 0 unspecified atom stereocenters. The maximum atomic E-state index is 13.9. The van der Waals surface area contributed by atoms with Crippen molar-refractivity contribution < 1.29 is 27.5 Å². The van der Waals surface area contributed by atoms with Crippen LogP contribution in [0.2, 0.25) is 0 Å². The molecule has 5 heterocycles. The molecule has 0 radical (unpaired) electrons. The highest BCUT2D eigenvalue weighted by molar-refractivity contribution is 5.99. The maximum Gasteiger partial charge on any atom is 0.418 e. The Hall–Kier alpha value is -4.65. The Morgan fingerprint density at radius 2 is 1.85 bits per heavy atom. The zero-order chi connectivity index (χ0) is 33.3. The largest absolute Gasteiger partial charge is 0.477 e. The maximum absolute atomic E-state index is 13.9. The monoisotopic (exact) mass is 649 g/mol. The number of benzene rings is 1. The van der Waals surface area contributed by atoms with Crippen LogP contribution in [-0.4, -0.2) is 94.7 Å². The third-order valence-corrected chi connectivity index (χ3v) is 8.90. The normalized spacial score (nSPS) is 18.9. The van der Waals surface area contributed by atoms with E-state index in [-0.39, 0.29) is 42.3 Å². The highest BCUT2D eigenvalue weighted by atomic mass is 19.4. The summed E-state index contributed by atoms with van der Waals surface area (Å²) in [6, 6.07) is 12.0. The number of aromatic nitrogens is 3. The van der Waals surface area contributed by atoms with Crippen LogP contribution in [0, 0.1) is 0 Å². The van der Waals surface area contributed by atoms with Gasteiger partial charge in [0.2, 0.25) is 5.88 Å². The first-order valence-corrected chi connectivity index (χ1v) is 15.9. The summed E-state index contributed by atoms with van der Waals surface area (Å²) in [5, 5.41) is 3.50. The number of carbonyl (C=O) groups excluding carboxylic acids is 2. The van der Waals surface area contributed by atoms with E-state index < -0.39 is 17.8 Å². The van der Waals surface area contributed by atoms with Gasteiger partial charge in [0.05, 0.1) is 34.6 Å². The highest BCUT2D eigenvalue weighted by Gasteiger charge is 2.37. The van der Waals surface area contributed by atoms with Crippen molar-refractivity contribution in [3.63, 3.8) is 0 Å². The number of likely N-dealkylation sites (tertiary alicyclic amines) is 1. The number of anilines is 1. The number of rotatable bonds is 7. The summed E-state index contributed by atoms with van der Waals surface area (Å²) in [4.78, 5) is 42.7. The van der Waals surface area contributed by atoms with E-state index in [4.69, 9.17) is 9.72 Å². The molecule has 2 fully saturated rings. The summed E-state index contributed by atoms with van der Waals surface area (Å²) in [5.41, 5.74) is 1.09. The van der Waals surface area contributed by atoms with E-state index in [1.165, 1.54) is 18.3 Å². The molecule has 4 aromatic rings. The minimum atomic E-state index is -4.61. The quantitative estimate of drug-likeness (QED) is 0.282. The number of hydrogen-bond donors (Lipinski definition) is 1. The Kier molecular flexibility index (Phi) is 9.09. The Labute approximate surface area is 271 Å². The Balaban J connectivity index is 1.32. The van der Waals surface area contributed by atoms with E-state index in [2.05, 4.69) is 20.1 Å². The van der Waals surface area contributed by atoms with E-state index in [1.54, 1.807) is 23.2 Å². The number of hydrogen-bond acceptors (Lipinski definition) is 7. The molecule has 2 atom stereocenters. The number of nitrogens with zero attached hydrogens (tertiary/aromatic N) is 6. The molecule has 2 aliphatic heterocycles. The second-order valence-corrected chi connectivity index (χ2v) is 12.0. The minimum Gasteiger partial charge on any atom is -0.477 e. The minimum absolute atomic E-state index is 0.0161. The molecule has 0 spiro atoms. The third-order valence-electron chi connectivity index (χ3n) is 8.90. The average molecular weight is 650 g/mol. The van der Waals surface area contributed by atoms with Gasteiger partial charge in [-0.3, -0.25) is 9.36 Å². The van der Waals surface area contributed by atoms with Crippen LogP contribution in [0.3, 0.4) is 0 Å². The van der Waals surface area contributed by atoms with Crippen LogP contribution < -0.4 is 15.0 Å². The molecule has 13 heteroatoms. The van der Waals surface area contributed by atoms with Crippen molar-refractivity contribution in [3.8, 4) is 17.1 Å². The first-order chi connectivity index (χ1) is 22.6. The number of halogens is 3. The predicted molar refractivity (Wildman–Crippen MR) is 173 cm³/mol. The lowest BCUT2D eigenvalue weighted by Crippen LogP contribution is -2.56. The number of pyridine rings is 2. The number of fused-ring (bicyclic) bond motifs is 1. The molecule has 1 N–H and O–H groups in total. The van der Waals surface area contributed by atoms with E-state index in [9.17, 15) is 22.8 Å². The number of piperazine rings is 1. The van der Waals surface area contributed by atoms with Crippen molar-refractivity contribution in [1.29, 1.82) is 0 Å². The van der Waals surface area contributed by atoms with Gasteiger partial charge in [0.15, 0.2) is 5.69 Å². The lowest BCUT2D eigenvalue weighted by Gasteiger charge is -2.43. The van der Waals surface area contributed by atoms with E-state index in [1.807, 2.05) is 39.1 Å². The molecule has 0 bridgehead atoms. The third kappa shape index (κ3) is 6.49. The van der Waals surface area contributed by atoms with Gasteiger partial charge < -0.3 is 24.8 Å². The van der Waals surface area contributed by atoms with Crippen molar-refractivity contribution in [2.45, 2.75) is 44.9 Å². The lowest BCUT2D eigenvalue weighted by molar-refractivity contribution is -0.136. The summed E-state index contributed by atoms with van der Waals surface area (Å²) in [7, 11) is 2.02. The number of carbonyl (C=O) groups is 2. The van der Waals surface area contributed by atoms with Gasteiger partial charge in [-0.15, -0.1) is 0 Å². The highest BCUT2D eigenvalue weighted by Crippen LogP contribution is 2.36. The van der Waals surface area contributed by atoms with E-state index in [0.29, 0.717) is 47.8 Å². The first-order valence-electron chi connectivity index (χ1n) is 15.9. The molecule has 2 amide bonds. The molecule has 1 aromatic carbocycles. The standard InChI is InChI=1S/C34H38F3N7O3/c1-4-24-21-42(33(46)44-17-13-22-8-6-10-26(30(22)44)34(35,36)37)18-19-43(24)28-12-11-27(25-9-7-15-38-32(25)47-5-2)40-29(28)31(45)39-23-14-16-41(3)20-23/h6-13,15,17,23-24H,4-5,14,16,18-21H2,1-3H3,(H,39,45)/t23-,24-/m1/s1. The van der Waals surface area contributed by atoms with Gasteiger partial charge in [-0.2, -0.15) is 13.2 Å². The molecular formula is C34H38F3N7O3. The van der Waals surface area contributed by atoms with E-state index in [0.717, 1.165) is 30.1 Å². The van der Waals surface area contributed by atoms with Crippen LogP contribution in [-0.2, 0) is 6.18 Å². The SMILES string of the molecule is CCOc1ncccc1-c1ccc(N2CCN(C(=O)n3ccc4cccc(C(F)(F)F)c43)C[C@H]2CC)c(C(=O)N[C@@H]2CCN(C)C2)n1. The molecule has 2 saturated heterocycles. The van der Waals surface area contributed by atoms with Crippen LogP contribution in [0.4, 0.5) is 23.7 Å². The van der Waals surface area contributed by atoms with Crippen molar-refractivity contribution in [1.82, 2.24) is 29.7 Å². The topological polar surface area (TPSA) is 95.8 Å².